The first-order chi connectivity index (χ1) is 11.8. The van der Waals surface area contributed by atoms with Crippen molar-refractivity contribution in [2.45, 2.75) is 40.0 Å². The summed E-state index contributed by atoms with van der Waals surface area (Å²) in [5.74, 6) is -1.65. The fourth-order valence-electron chi connectivity index (χ4n) is 2.77. The molecule has 2 N–H and O–H groups in total. The van der Waals surface area contributed by atoms with Crippen LogP contribution < -0.4 is 4.74 Å². The zero-order valence-corrected chi connectivity index (χ0v) is 15.3. The molecule has 0 bridgehead atoms. The number of hydrogen-bond acceptors (Lipinski definition) is 4. The number of rotatable bonds is 5. The van der Waals surface area contributed by atoms with Crippen molar-refractivity contribution in [3.8, 4) is 5.75 Å². The van der Waals surface area contributed by atoms with Crippen molar-refractivity contribution in [3.05, 3.63) is 29.3 Å². The van der Waals surface area contributed by atoms with Crippen LogP contribution in [-0.4, -0.2) is 53.3 Å². The number of benzene rings is 1. The Bertz CT molecular complexity index is 533. The maximum absolute atomic E-state index is 9.10. The molecule has 2 rings (SSSR count). The number of piperidine rings is 1. The first-order valence-corrected chi connectivity index (χ1v) is 8.68. The molecule has 25 heavy (non-hydrogen) atoms. The second-order valence-corrected chi connectivity index (χ2v) is 6.56. The predicted octanol–water partition coefficient (Wildman–Crippen LogP) is 2.96. The molecule has 0 unspecified atom stereocenters. The van der Waals surface area contributed by atoms with Crippen molar-refractivity contribution < 1.29 is 24.5 Å². The first kappa shape index (κ1) is 21.0. The number of carboxylic acids is 2. The summed E-state index contributed by atoms with van der Waals surface area (Å²) < 4.78 is 5.95. The number of likely N-dealkylation sites (tertiary alicyclic amines) is 1. The number of aryl methyl sites for hydroxylation is 2. The standard InChI is InChI=1S/C17H27NO.C2H2O4/c1-14-8-11-18(12-9-14)10-5-13-19-17-15(2)6-4-7-16(17)3;3-1(4)2(5)6/h4,6-7,14H,5,8-13H2,1-3H3;(H,3,4)(H,5,6). The lowest BCUT2D eigenvalue weighted by Crippen LogP contribution is -2.34. The van der Waals surface area contributed by atoms with Crippen LogP contribution in [0.3, 0.4) is 0 Å². The molecule has 1 aromatic rings. The molecule has 0 aliphatic carbocycles. The van der Waals surface area contributed by atoms with Crippen LogP contribution in [0, 0.1) is 19.8 Å². The van der Waals surface area contributed by atoms with E-state index in [1.165, 1.54) is 43.6 Å². The van der Waals surface area contributed by atoms with E-state index in [2.05, 4.69) is 43.9 Å². The van der Waals surface area contributed by atoms with Crippen molar-refractivity contribution in [1.29, 1.82) is 0 Å². The van der Waals surface area contributed by atoms with Gasteiger partial charge in [0.1, 0.15) is 5.75 Å². The molecule has 1 heterocycles. The molecule has 6 heteroatoms. The van der Waals surface area contributed by atoms with Crippen LogP contribution in [0.1, 0.15) is 37.3 Å². The number of aliphatic carboxylic acids is 2. The monoisotopic (exact) mass is 351 g/mol. The van der Waals surface area contributed by atoms with Gasteiger partial charge in [0.2, 0.25) is 0 Å². The number of carboxylic acid groups (broad SMARTS) is 2. The van der Waals surface area contributed by atoms with Crippen LogP contribution in [-0.2, 0) is 9.59 Å². The highest BCUT2D eigenvalue weighted by atomic mass is 16.5. The minimum Gasteiger partial charge on any atom is -0.493 e. The summed E-state index contributed by atoms with van der Waals surface area (Å²) in [6, 6.07) is 6.33. The van der Waals surface area contributed by atoms with E-state index in [1.54, 1.807) is 0 Å². The van der Waals surface area contributed by atoms with Crippen LogP contribution in [0.5, 0.6) is 5.75 Å². The number of para-hydroxylation sites is 1. The molecule has 0 saturated carbocycles. The van der Waals surface area contributed by atoms with Gasteiger partial charge in [-0.1, -0.05) is 25.1 Å². The topological polar surface area (TPSA) is 87.1 Å². The van der Waals surface area contributed by atoms with Gasteiger partial charge in [0.05, 0.1) is 6.61 Å². The fraction of sp³-hybridized carbons (Fsp3) is 0.579. The number of carbonyl (C=O) groups is 2. The number of ether oxygens (including phenoxy) is 1. The third-order valence-electron chi connectivity index (χ3n) is 4.33. The lowest BCUT2D eigenvalue weighted by Gasteiger charge is -2.30. The van der Waals surface area contributed by atoms with Crippen molar-refractivity contribution in [2.24, 2.45) is 5.92 Å². The lowest BCUT2D eigenvalue weighted by atomic mass is 9.99. The average Bonchev–Trinajstić information content (AvgIpc) is 2.56. The van der Waals surface area contributed by atoms with Gasteiger partial charge in [0.25, 0.3) is 0 Å². The minimum atomic E-state index is -1.82. The summed E-state index contributed by atoms with van der Waals surface area (Å²) in [7, 11) is 0. The molecule has 140 valence electrons. The Morgan fingerprint density at radius 3 is 2.12 bits per heavy atom. The van der Waals surface area contributed by atoms with Crippen LogP contribution in [0.15, 0.2) is 18.2 Å². The second-order valence-electron chi connectivity index (χ2n) is 6.56. The second kappa shape index (κ2) is 10.7. The van der Waals surface area contributed by atoms with Gasteiger partial charge in [-0.05, 0) is 63.2 Å². The summed E-state index contributed by atoms with van der Waals surface area (Å²) in [5.41, 5.74) is 2.48. The molecule has 6 nitrogen and oxygen atoms in total. The molecule has 1 aliphatic heterocycles. The Morgan fingerprint density at radius 1 is 1.12 bits per heavy atom. The summed E-state index contributed by atoms with van der Waals surface area (Å²) in [6.45, 7) is 11.1. The Balaban J connectivity index is 0.000000450. The molecule has 0 spiro atoms. The van der Waals surface area contributed by atoms with Crippen molar-refractivity contribution in [1.82, 2.24) is 4.90 Å². The number of nitrogens with zero attached hydrogens (tertiary/aromatic N) is 1. The minimum absolute atomic E-state index is 0.831. The van der Waals surface area contributed by atoms with Gasteiger partial charge >= 0.3 is 11.9 Å². The third kappa shape index (κ3) is 8.03. The van der Waals surface area contributed by atoms with E-state index >= 15 is 0 Å². The molecular weight excluding hydrogens is 322 g/mol. The lowest BCUT2D eigenvalue weighted by molar-refractivity contribution is -0.159. The molecule has 1 aliphatic rings. The molecule has 1 aromatic carbocycles. The Hall–Kier alpha value is -2.08. The summed E-state index contributed by atoms with van der Waals surface area (Å²) >= 11 is 0. The van der Waals surface area contributed by atoms with Crippen molar-refractivity contribution in [3.63, 3.8) is 0 Å². The van der Waals surface area contributed by atoms with Crippen molar-refractivity contribution >= 4 is 11.9 Å². The van der Waals surface area contributed by atoms with Gasteiger partial charge in [-0.2, -0.15) is 0 Å². The summed E-state index contributed by atoms with van der Waals surface area (Å²) in [5, 5.41) is 14.8. The van der Waals surface area contributed by atoms with Gasteiger partial charge < -0.3 is 19.8 Å². The average molecular weight is 351 g/mol. The zero-order valence-electron chi connectivity index (χ0n) is 15.3. The van der Waals surface area contributed by atoms with Crippen LogP contribution in [0.25, 0.3) is 0 Å². The van der Waals surface area contributed by atoms with Crippen molar-refractivity contribution in [2.75, 3.05) is 26.2 Å². The quantitative estimate of drug-likeness (QED) is 0.626. The largest absolute Gasteiger partial charge is 0.493 e. The SMILES string of the molecule is Cc1cccc(C)c1OCCCN1CCC(C)CC1.O=C(O)C(=O)O. The highest BCUT2D eigenvalue weighted by molar-refractivity contribution is 6.27. The molecule has 0 aromatic heterocycles. The molecule has 0 atom stereocenters. The molecule has 0 amide bonds. The van der Waals surface area contributed by atoms with Crippen LogP contribution >= 0.6 is 0 Å². The third-order valence-corrected chi connectivity index (χ3v) is 4.33. The zero-order chi connectivity index (χ0) is 18.8. The highest BCUT2D eigenvalue weighted by Crippen LogP contribution is 2.22. The first-order valence-electron chi connectivity index (χ1n) is 8.68. The van der Waals surface area contributed by atoms with Crippen LogP contribution in [0.2, 0.25) is 0 Å². The smallest absolute Gasteiger partial charge is 0.414 e. The maximum Gasteiger partial charge on any atom is 0.414 e. The normalized spacial score (nSPS) is 15.2. The van der Waals surface area contributed by atoms with E-state index in [9.17, 15) is 0 Å². The Morgan fingerprint density at radius 2 is 1.64 bits per heavy atom. The molecule has 1 fully saturated rings. The van der Waals surface area contributed by atoms with Gasteiger partial charge in [0, 0.05) is 6.54 Å². The van der Waals surface area contributed by atoms with Gasteiger partial charge in [-0.15, -0.1) is 0 Å². The number of hydrogen-bond donors (Lipinski definition) is 2. The fourth-order valence-corrected chi connectivity index (χ4v) is 2.77. The molecular formula is C19H29NO5. The van der Waals surface area contributed by atoms with E-state index in [4.69, 9.17) is 24.5 Å². The van der Waals surface area contributed by atoms with E-state index in [0.717, 1.165) is 24.7 Å². The van der Waals surface area contributed by atoms with E-state index in [0.29, 0.717) is 0 Å². The Kier molecular flexibility index (Phi) is 8.99. The van der Waals surface area contributed by atoms with Gasteiger partial charge in [-0.3, -0.25) is 0 Å². The maximum atomic E-state index is 9.10. The van der Waals surface area contributed by atoms with Gasteiger partial charge in [-0.25, -0.2) is 9.59 Å². The van der Waals surface area contributed by atoms with E-state index in [-0.39, 0.29) is 0 Å². The highest BCUT2D eigenvalue weighted by Gasteiger charge is 2.14. The van der Waals surface area contributed by atoms with Gasteiger partial charge in [0.15, 0.2) is 0 Å². The summed E-state index contributed by atoms with van der Waals surface area (Å²) in [6.07, 6.45) is 3.84. The molecule has 0 radical (unpaired) electrons. The molecule has 1 saturated heterocycles. The predicted molar refractivity (Wildman–Crippen MR) is 96.1 cm³/mol. The van der Waals surface area contributed by atoms with E-state index < -0.39 is 11.9 Å². The summed E-state index contributed by atoms with van der Waals surface area (Å²) in [4.78, 5) is 20.8. The van der Waals surface area contributed by atoms with E-state index in [1.807, 2.05) is 0 Å². The van der Waals surface area contributed by atoms with Crippen LogP contribution in [0.4, 0.5) is 0 Å². The Labute approximate surface area is 149 Å².